The van der Waals surface area contributed by atoms with E-state index in [1.807, 2.05) is 0 Å². The molecule has 8 heteroatoms. The van der Waals surface area contributed by atoms with Crippen molar-refractivity contribution in [1.82, 2.24) is 15.2 Å². The largest absolute Gasteiger partial charge is 0.465 e. The summed E-state index contributed by atoms with van der Waals surface area (Å²) >= 11 is 0. The highest BCUT2D eigenvalue weighted by Gasteiger charge is 2.63. The van der Waals surface area contributed by atoms with Crippen molar-refractivity contribution in [3.8, 4) is 0 Å². The van der Waals surface area contributed by atoms with Gasteiger partial charge < -0.3 is 19.7 Å². The number of pyridine rings is 1. The number of esters is 1. The van der Waals surface area contributed by atoms with Gasteiger partial charge in [0.05, 0.1) is 30.9 Å². The van der Waals surface area contributed by atoms with Crippen molar-refractivity contribution in [2.75, 3.05) is 26.7 Å². The van der Waals surface area contributed by atoms with Crippen LogP contribution in [0.3, 0.4) is 0 Å². The Hall–Kier alpha value is -2.48. The summed E-state index contributed by atoms with van der Waals surface area (Å²) in [6, 6.07) is 3.09. The minimum atomic E-state index is -0.484. The molecule has 1 N–H and O–H groups in total. The molecule has 3 saturated heterocycles. The van der Waals surface area contributed by atoms with E-state index < -0.39 is 5.97 Å². The fourth-order valence-corrected chi connectivity index (χ4v) is 4.80. The van der Waals surface area contributed by atoms with Gasteiger partial charge in [-0.2, -0.15) is 0 Å². The van der Waals surface area contributed by atoms with E-state index in [1.54, 1.807) is 17.0 Å². The van der Waals surface area contributed by atoms with Gasteiger partial charge in [0, 0.05) is 38.0 Å². The number of methoxy groups -OCH3 is 1. The molecule has 4 heterocycles. The summed E-state index contributed by atoms with van der Waals surface area (Å²) in [7, 11) is 1.30. The molecule has 27 heavy (non-hydrogen) atoms. The van der Waals surface area contributed by atoms with Gasteiger partial charge in [-0.1, -0.05) is 0 Å². The molecule has 0 unspecified atom stereocenters. The molecule has 3 fully saturated rings. The summed E-state index contributed by atoms with van der Waals surface area (Å²) in [5.41, 5.74) is 0.311. The smallest absolute Gasteiger partial charge is 0.339 e. The van der Waals surface area contributed by atoms with Crippen molar-refractivity contribution in [2.45, 2.75) is 31.5 Å². The van der Waals surface area contributed by atoms with Crippen molar-refractivity contribution in [3.05, 3.63) is 29.6 Å². The first kappa shape index (κ1) is 17.9. The third-order valence-electron chi connectivity index (χ3n) is 6.06. The number of hydrogen-bond acceptors (Lipinski definition) is 6. The Kier molecular flexibility index (Phi) is 4.38. The van der Waals surface area contributed by atoms with Gasteiger partial charge in [-0.15, -0.1) is 0 Å². The van der Waals surface area contributed by atoms with E-state index in [-0.39, 0.29) is 35.4 Å². The molecule has 2 amide bonds. The third kappa shape index (κ3) is 2.97. The topological polar surface area (TPSA) is 97.8 Å². The van der Waals surface area contributed by atoms with Gasteiger partial charge in [-0.3, -0.25) is 14.6 Å². The minimum Gasteiger partial charge on any atom is -0.465 e. The molecule has 0 radical (unpaired) electrons. The van der Waals surface area contributed by atoms with Crippen LogP contribution in [0.5, 0.6) is 0 Å². The quantitative estimate of drug-likeness (QED) is 0.777. The lowest BCUT2D eigenvalue weighted by Crippen LogP contribution is -2.41. The molecule has 4 rings (SSSR count). The van der Waals surface area contributed by atoms with E-state index in [0.717, 1.165) is 12.8 Å². The Morgan fingerprint density at radius 3 is 2.89 bits per heavy atom. The molecular formula is C19H23N3O5. The zero-order chi connectivity index (χ0) is 19.2. The van der Waals surface area contributed by atoms with Crippen LogP contribution in [0, 0.1) is 11.8 Å². The number of aromatic nitrogens is 1. The predicted molar refractivity (Wildman–Crippen MR) is 94.0 cm³/mol. The van der Waals surface area contributed by atoms with Crippen LogP contribution in [0.15, 0.2) is 18.3 Å². The normalized spacial score (nSPS) is 30.9. The number of hydrogen-bond donors (Lipinski definition) is 1. The first-order chi connectivity index (χ1) is 12.9. The molecule has 1 aromatic heterocycles. The first-order valence-corrected chi connectivity index (χ1v) is 9.19. The zero-order valence-corrected chi connectivity index (χ0v) is 15.4. The second kappa shape index (κ2) is 6.60. The molecule has 8 nitrogen and oxygen atoms in total. The second-order valence-corrected chi connectivity index (χ2v) is 7.58. The van der Waals surface area contributed by atoms with Crippen molar-refractivity contribution in [2.24, 2.45) is 11.8 Å². The van der Waals surface area contributed by atoms with Gasteiger partial charge in [0.15, 0.2) is 0 Å². The van der Waals surface area contributed by atoms with Crippen LogP contribution in [-0.4, -0.2) is 66.1 Å². The molecule has 0 aromatic carbocycles. The van der Waals surface area contributed by atoms with Gasteiger partial charge in [0.1, 0.15) is 5.69 Å². The monoisotopic (exact) mass is 373 g/mol. The van der Waals surface area contributed by atoms with E-state index in [4.69, 9.17) is 4.74 Å². The van der Waals surface area contributed by atoms with Gasteiger partial charge in [-0.25, -0.2) is 4.79 Å². The Balaban J connectivity index is 1.48. The number of carbonyl (C=O) groups excluding carboxylic acids is 3. The number of fused-ring (bicyclic) bond motifs is 1. The number of likely N-dealkylation sites (tertiary alicyclic amines) is 1. The van der Waals surface area contributed by atoms with Crippen molar-refractivity contribution in [3.63, 3.8) is 0 Å². The number of carbonyl (C=O) groups is 3. The molecule has 3 aliphatic rings. The van der Waals surface area contributed by atoms with E-state index in [2.05, 4.69) is 15.0 Å². The van der Waals surface area contributed by atoms with Crippen LogP contribution in [0.1, 0.15) is 40.6 Å². The summed E-state index contributed by atoms with van der Waals surface area (Å²) in [4.78, 5) is 41.6. The van der Waals surface area contributed by atoms with Gasteiger partial charge in [-0.05, 0) is 25.0 Å². The summed E-state index contributed by atoms with van der Waals surface area (Å²) < 4.78 is 10.9. The highest BCUT2D eigenvalue weighted by Crippen LogP contribution is 2.54. The lowest BCUT2D eigenvalue weighted by molar-refractivity contribution is -0.119. The zero-order valence-electron chi connectivity index (χ0n) is 15.4. The summed E-state index contributed by atoms with van der Waals surface area (Å²) in [5, 5.41) is 2.90. The van der Waals surface area contributed by atoms with Gasteiger partial charge in [0.2, 0.25) is 5.91 Å². The molecule has 1 aromatic rings. The first-order valence-electron chi connectivity index (χ1n) is 9.19. The van der Waals surface area contributed by atoms with Crippen molar-refractivity contribution < 1.29 is 23.9 Å². The maximum Gasteiger partial charge on any atom is 0.339 e. The Bertz CT molecular complexity index is 780. The second-order valence-electron chi connectivity index (χ2n) is 7.58. The Morgan fingerprint density at radius 2 is 2.22 bits per heavy atom. The minimum absolute atomic E-state index is 0.0485. The number of amides is 2. The standard InChI is InChI=1S/C19H23N3O5/c1-11(23)20-8-13-14-9-22(10-19(14)6-5-16(13)27-19)17(24)15-4-3-12(7-21-15)18(25)26-2/h3-4,7,13-14,16H,5-6,8-10H2,1-2H3,(H,20,23)/t13-,14+,16+,19+/m0/s1. The molecule has 0 aliphatic carbocycles. The van der Waals surface area contributed by atoms with Crippen LogP contribution in [0.25, 0.3) is 0 Å². The average molecular weight is 373 g/mol. The van der Waals surface area contributed by atoms with Crippen LogP contribution in [0.4, 0.5) is 0 Å². The number of rotatable bonds is 4. The molecule has 3 aliphatic heterocycles. The molecule has 1 spiro atoms. The summed E-state index contributed by atoms with van der Waals surface area (Å²) in [6.45, 7) is 3.24. The van der Waals surface area contributed by atoms with Crippen LogP contribution in [-0.2, 0) is 14.3 Å². The molecular weight excluding hydrogens is 350 g/mol. The molecule has 144 valence electrons. The van der Waals surface area contributed by atoms with Crippen LogP contribution < -0.4 is 5.32 Å². The number of nitrogens with one attached hydrogen (secondary N) is 1. The van der Waals surface area contributed by atoms with E-state index in [0.29, 0.717) is 30.9 Å². The predicted octanol–water partition coefficient (Wildman–Crippen LogP) is 0.624. The number of nitrogens with zero attached hydrogens (tertiary/aromatic N) is 2. The summed E-state index contributed by atoms with van der Waals surface area (Å²) in [6.07, 6.45) is 3.43. The van der Waals surface area contributed by atoms with Crippen LogP contribution >= 0.6 is 0 Å². The lowest BCUT2D eigenvalue weighted by atomic mass is 9.73. The third-order valence-corrected chi connectivity index (χ3v) is 6.06. The fraction of sp³-hybridized carbons (Fsp3) is 0.579. The van der Waals surface area contributed by atoms with E-state index in [9.17, 15) is 14.4 Å². The van der Waals surface area contributed by atoms with Gasteiger partial charge in [0.25, 0.3) is 5.91 Å². The fourth-order valence-electron chi connectivity index (χ4n) is 4.80. The number of ether oxygens (including phenoxy) is 2. The van der Waals surface area contributed by atoms with E-state index >= 15 is 0 Å². The van der Waals surface area contributed by atoms with Crippen molar-refractivity contribution in [1.29, 1.82) is 0 Å². The molecule has 0 saturated carbocycles. The Morgan fingerprint density at radius 1 is 1.41 bits per heavy atom. The van der Waals surface area contributed by atoms with E-state index in [1.165, 1.54) is 20.2 Å². The van der Waals surface area contributed by atoms with Crippen LogP contribution in [0.2, 0.25) is 0 Å². The summed E-state index contributed by atoms with van der Waals surface area (Å²) in [5.74, 6) is -0.244. The Labute approximate surface area is 157 Å². The van der Waals surface area contributed by atoms with Gasteiger partial charge >= 0.3 is 5.97 Å². The maximum atomic E-state index is 12.9. The average Bonchev–Trinajstić information content (AvgIpc) is 3.33. The molecule has 2 bridgehead atoms. The van der Waals surface area contributed by atoms with Crippen molar-refractivity contribution >= 4 is 17.8 Å². The maximum absolute atomic E-state index is 12.9. The lowest BCUT2D eigenvalue weighted by Gasteiger charge is -2.29. The molecule has 4 atom stereocenters. The highest BCUT2D eigenvalue weighted by atomic mass is 16.5. The SMILES string of the molecule is COC(=O)c1ccc(C(=O)N2C[C@@H]3[C@H](CNC(C)=O)[C@H]4CC[C@]3(C2)O4)nc1. The highest BCUT2D eigenvalue weighted by molar-refractivity contribution is 5.94.